The molecule has 1 atom stereocenters. The van der Waals surface area contributed by atoms with Crippen LogP contribution in [0.4, 0.5) is 13.2 Å². The van der Waals surface area contributed by atoms with Gasteiger partial charge in [0.15, 0.2) is 0 Å². The van der Waals surface area contributed by atoms with E-state index in [0.29, 0.717) is 12.8 Å². The van der Waals surface area contributed by atoms with Gasteiger partial charge in [-0.25, -0.2) is 0 Å². The Morgan fingerprint density at radius 1 is 1.35 bits per heavy atom. The Morgan fingerprint density at radius 2 is 2.10 bits per heavy atom. The van der Waals surface area contributed by atoms with Crippen molar-refractivity contribution in [2.24, 2.45) is 5.84 Å². The van der Waals surface area contributed by atoms with Gasteiger partial charge in [0.2, 0.25) is 0 Å². The normalized spacial score (nSPS) is 13.2. The number of rotatable bonds is 8. The largest absolute Gasteiger partial charge is 0.497 e. The summed E-state index contributed by atoms with van der Waals surface area (Å²) in [5.41, 5.74) is 3.57. The van der Waals surface area contributed by atoms with Crippen molar-refractivity contribution in [3.63, 3.8) is 0 Å². The van der Waals surface area contributed by atoms with Crippen molar-refractivity contribution in [2.75, 3.05) is 20.3 Å². The number of hydrazine groups is 1. The zero-order chi connectivity index (χ0) is 15.0. The molecule has 3 N–H and O–H groups in total. The molecule has 114 valence electrons. The fourth-order valence-corrected chi connectivity index (χ4v) is 1.74. The SMILES string of the molecule is COc1cccc(CC(CCOCC(F)(F)F)NN)c1. The summed E-state index contributed by atoms with van der Waals surface area (Å²) < 4.78 is 45.4. The molecule has 4 nitrogen and oxygen atoms in total. The van der Waals surface area contributed by atoms with E-state index < -0.39 is 12.8 Å². The highest BCUT2D eigenvalue weighted by Gasteiger charge is 2.27. The van der Waals surface area contributed by atoms with Crippen LogP contribution in [0.15, 0.2) is 24.3 Å². The number of halogens is 3. The van der Waals surface area contributed by atoms with Gasteiger partial charge in [0, 0.05) is 12.6 Å². The first-order valence-corrected chi connectivity index (χ1v) is 6.18. The Labute approximate surface area is 116 Å². The van der Waals surface area contributed by atoms with Gasteiger partial charge in [-0.2, -0.15) is 13.2 Å². The monoisotopic (exact) mass is 292 g/mol. The standard InChI is InChI=1S/C13H19F3N2O2/c1-19-12-4-2-3-10(8-12)7-11(18-17)5-6-20-9-13(14,15)16/h2-4,8,11,18H,5-7,9,17H2,1H3. The molecule has 0 aliphatic heterocycles. The van der Waals surface area contributed by atoms with Crippen LogP contribution in [0.25, 0.3) is 0 Å². The molecule has 1 aromatic rings. The highest BCUT2D eigenvalue weighted by atomic mass is 19.4. The number of benzene rings is 1. The lowest BCUT2D eigenvalue weighted by molar-refractivity contribution is -0.174. The van der Waals surface area contributed by atoms with Crippen molar-refractivity contribution in [3.05, 3.63) is 29.8 Å². The summed E-state index contributed by atoms with van der Waals surface area (Å²) in [6, 6.07) is 7.28. The quantitative estimate of drug-likeness (QED) is 0.437. The van der Waals surface area contributed by atoms with Gasteiger partial charge in [-0.05, 0) is 30.5 Å². The van der Waals surface area contributed by atoms with E-state index in [1.807, 2.05) is 24.3 Å². The van der Waals surface area contributed by atoms with Gasteiger partial charge in [-0.15, -0.1) is 0 Å². The molecule has 0 fully saturated rings. The summed E-state index contributed by atoms with van der Waals surface area (Å²) >= 11 is 0. The molecule has 0 aliphatic carbocycles. The van der Waals surface area contributed by atoms with Crippen LogP contribution in [-0.4, -0.2) is 32.5 Å². The third kappa shape index (κ3) is 6.74. The van der Waals surface area contributed by atoms with Crippen LogP contribution in [-0.2, 0) is 11.2 Å². The molecule has 0 saturated heterocycles. The molecule has 1 rings (SSSR count). The lowest BCUT2D eigenvalue weighted by atomic mass is 10.0. The van der Waals surface area contributed by atoms with E-state index in [4.69, 9.17) is 10.6 Å². The average Bonchev–Trinajstić information content (AvgIpc) is 2.41. The van der Waals surface area contributed by atoms with Gasteiger partial charge in [0.05, 0.1) is 7.11 Å². The second-order valence-electron chi connectivity index (χ2n) is 4.38. The molecule has 0 heterocycles. The second kappa shape index (κ2) is 8.08. The molecular formula is C13H19F3N2O2. The Hall–Kier alpha value is -1.31. The lowest BCUT2D eigenvalue weighted by Gasteiger charge is -2.16. The van der Waals surface area contributed by atoms with Crippen LogP contribution in [0.3, 0.4) is 0 Å². The maximum atomic E-state index is 11.9. The smallest absolute Gasteiger partial charge is 0.411 e. The summed E-state index contributed by atoms with van der Waals surface area (Å²) in [6.45, 7) is -1.23. The lowest BCUT2D eigenvalue weighted by Crippen LogP contribution is -2.37. The summed E-state index contributed by atoms with van der Waals surface area (Å²) in [5.74, 6) is 6.13. The first-order chi connectivity index (χ1) is 9.44. The van der Waals surface area contributed by atoms with Crippen molar-refractivity contribution in [1.82, 2.24) is 5.43 Å². The minimum Gasteiger partial charge on any atom is -0.497 e. The Bertz CT molecular complexity index is 399. The predicted octanol–water partition coefficient (Wildman–Crippen LogP) is 2.04. The highest BCUT2D eigenvalue weighted by Crippen LogP contribution is 2.16. The van der Waals surface area contributed by atoms with Crippen LogP contribution >= 0.6 is 0 Å². The molecule has 0 aromatic heterocycles. The molecule has 0 bridgehead atoms. The van der Waals surface area contributed by atoms with Crippen LogP contribution in [0, 0.1) is 0 Å². The summed E-state index contributed by atoms with van der Waals surface area (Å²) in [4.78, 5) is 0. The molecule has 0 saturated carbocycles. The number of nitrogens with two attached hydrogens (primary N) is 1. The molecular weight excluding hydrogens is 273 g/mol. The number of nitrogens with one attached hydrogen (secondary N) is 1. The van der Waals surface area contributed by atoms with Crippen molar-refractivity contribution in [2.45, 2.75) is 25.1 Å². The summed E-state index contributed by atoms with van der Waals surface area (Å²) in [5, 5.41) is 0. The molecule has 0 aliphatic rings. The van der Waals surface area contributed by atoms with Crippen LogP contribution in [0.2, 0.25) is 0 Å². The van der Waals surface area contributed by atoms with E-state index in [0.717, 1.165) is 11.3 Å². The third-order valence-corrected chi connectivity index (χ3v) is 2.73. The fourth-order valence-electron chi connectivity index (χ4n) is 1.74. The van der Waals surface area contributed by atoms with Gasteiger partial charge in [-0.3, -0.25) is 11.3 Å². The van der Waals surface area contributed by atoms with E-state index >= 15 is 0 Å². The van der Waals surface area contributed by atoms with E-state index in [-0.39, 0.29) is 12.6 Å². The van der Waals surface area contributed by atoms with Crippen molar-refractivity contribution < 1.29 is 22.6 Å². The molecule has 0 spiro atoms. The zero-order valence-electron chi connectivity index (χ0n) is 11.2. The number of methoxy groups -OCH3 is 1. The molecule has 20 heavy (non-hydrogen) atoms. The van der Waals surface area contributed by atoms with E-state index in [9.17, 15) is 13.2 Å². The van der Waals surface area contributed by atoms with Gasteiger partial charge >= 0.3 is 6.18 Å². The van der Waals surface area contributed by atoms with Crippen molar-refractivity contribution in [1.29, 1.82) is 0 Å². The Kier molecular flexibility index (Phi) is 6.77. The number of hydrogen-bond donors (Lipinski definition) is 2. The Balaban J connectivity index is 2.38. The van der Waals surface area contributed by atoms with Crippen LogP contribution in [0.1, 0.15) is 12.0 Å². The Morgan fingerprint density at radius 3 is 2.70 bits per heavy atom. The first-order valence-electron chi connectivity index (χ1n) is 6.18. The topological polar surface area (TPSA) is 56.5 Å². The number of ether oxygens (including phenoxy) is 2. The van der Waals surface area contributed by atoms with Gasteiger partial charge < -0.3 is 9.47 Å². The van der Waals surface area contributed by atoms with Gasteiger partial charge in [0.1, 0.15) is 12.4 Å². The predicted molar refractivity (Wildman–Crippen MR) is 69.3 cm³/mol. The van der Waals surface area contributed by atoms with Gasteiger partial charge in [-0.1, -0.05) is 12.1 Å². The van der Waals surface area contributed by atoms with Crippen LogP contribution in [0.5, 0.6) is 5.75 Å². The average molecular weight is 292 g/mol. The molecule has 0 amide bonds. The van der Waals surface area contributed by atoms with Crippen molar-refractivity contribution in [3.8, 4) is 5.75 Å². The molecule has 1 aromatic carbocycles. The highest BCUT2D eigenvalue weighted by molar-refractivity contribution is 5.28. The maximum absolute atomic E-state index is 11.9. The maximum Gasteiger partial charge on any atom is 0.411 e. The summed E-state index contributed by atoms with van der Waals surface area (Å²) in [6.07, 6.45) is -3.31. The molecule has 0 radical (unpaired) electrons. The minimum absolute atomic E-state index is 0.00164. The van der Waals surface area contributed by atoms with E-state index in [1.165, 1.54) is 0 Å². The zero-order valence-corrected chi connectivity index (χ0v) is 11.2. The fraction of sp³-hybridized carbons (Fsp3) is 0.538. The molecule has 7 heteroatoms. The minimum atomic E-state index is -4.29. The second-order valence-corrected chi connectivity index (χ2v) is 4.38. The molecule has 1 unspecified atom stereocenters. The van der Waals surface area contributed by atoms with Crippen molar-refractivity contribution >= 4 is 0 Å². The van der Waals surface area contributed by atoms with E-state index in [2.05, 4.69) is 10.2 Å². The summed E-state index contributed by atoms with van der Waals surface area (Å²) in [7, 11) is 1.57. The van der Waals surface area contributed by atoms with Crippen LogP contribution < -0.4 is 16.0 Å². The number of hydrogen-bond acceptors (Lipinski definition) is 4. The van der Waals surface area contributed by atoms with Gasteiger partial charge in [0.25, 0.3) is 0 Å². The number of alkyl halides is 3. The third-order valence-electron chi connectivity index (χ3n) is 2.73. The van der Waals surface area contributed by atoms with E-state index in [1.54, 1.807) is 7.11 Å². The first kappa shape index (κ1) is 16.7.